The van der Waals surface area contributed by atoms with Gasteiger partial charge in [0.15, 0.2) is 0 Å². The third-order valence-electron chi connectivity index (χ3n) is 3.07. The molecule has 0 radical (unpaired) electrons. The topological polar surface area (TPSA) is 81.4 Å². The van der Waals surface area contributed by atoms with Gasteiger partial charge in [0.05, 0.1) is 6.61 Å². The second kappa shape index (κ2) is 7.95. The summed E-state index contributed by atoms with van der Waals surface area (Å²) in [5, 5.41) is 2.58. The molecule has 0 fully saturated rings. The fraction of sp³-hybridized carbons (Fsp3) is 0.176. The summed E-state index contributed by atoms with van der Waals surface area (Å²) in [7, 11) is 0. The number of amides is 2. The lowest BCUT2D eigenvalue weighted by Crippen LogP contribution is -2.39. The smallest absolute Gasteiger partial charge is 0.246 e. The Hall–Kier alpha value is -2.66. The lowest BCUT2D eigenvalue weighted by molar-refractivity contribution is -0.130. The molecule has 3 N–H and O–H groups in total. The van der Waals surface area contributed by atoms with Crippen LogP contribution in [0, 0.1) is 0 Å². The Morgan fingerprint density at radius 3 is 2.18 bits per heavy atom. The maximum Gasteiger partial charge on any atom is 0.246 e. The van der Waals surface area contributed by atoms with Crippen LogP contribution < -0.4 is 11.1 Å². The van der Waals surface area contributed by atoms with Gasteiger partial charge in [-0.15, -0.1) is 0 Å². The highest BCUT2D eigenvalue weighted by atomic mass is 16.5. The van der Waals surface area contributed by atoms with Gasteiger partial charge in [-0.1, -0.05) is 60.7 Å². The van der Waals surface area contributed by atoms with Gasteiger partial charge in [-0.25, -0.2) is 0 Å². The Kier molecular flexibility index (Phi) is 5.68. The molecule has 0 unspecified atom stereocenters. The van der Waals surface area contributed by atoms with Crippen molar-refractivity contribution in [1.29, 1.82) is 0 Å². The summed E-state index contributed by atoms with van der Waals surface area (Å²) in [5.74, 6) is -0.994. The largest absolute Gasteiger partial charge is 0.368 e. The van der Waals surface area contributed by atoms with Crippen molar-refractivity contribution < 1.29 is 14.3 Å². The van der Waals surface area contributed by atoms with E-state index in [4.69, 9.17) is 10.5 Å². The molecule has 1 atom stereocenters. The van der Waals surface area contributed by atoms with Crippen LogP contribution in [-0.4, -0.2) is 18.4 Å². The van der Waals surface area contributed by atoms with Crippen LogP contribution in [0.2, 0.25) is 0 Å². The first-order valence-electron chi connectivity index (χ1n) is 6.92. The number of carbonyl (C=O) groups excluding carboxylic acids is 2. The SMILES string of the molecule is NC(=O)[C@H](NC(=O)COCc1ccccc1)c1ccccc1. The molecule has 0 aliphatic rings. The molecule has 0 aliphatic heterocycles. The van der Waals surface area contributed by atoms with Crippen LogP contribution in [0.25, 0.3) is 0 Å². The van der Waals surface area contributed by atoms with E-state index in [0.717, 1.165) is 5.56 Å². The predicted octanol–water partition coefficient (Wildman–Crippen LogP) is 1.55. The molecule has 22 heavy (non-hydrogen) atoms. The first-order valence-corrected chi connectivity index (χ1v) is 6.92. The summed E-state index contributed by atoms with van der Waals surface area (Å²) < 4.78 is 5.33. The highest BCUT2D eigenvalue weighted by Crippen LogP contribution is 2.11. The molecule has 2 aromatic rings. The van der Waals surface area contributed by atoms with Gasteiger partial charge in [0.25, 0.3) is 0 Å². The summed E-state index contributed by atoms with van der Waals surface area (Å²) >= 11 is 0. The Balaban J connectivity index is 1.85. The molecule has 0 spiro atoms. The van der Waals surface area contributed by atoms with Crippen molar-refractivity contribution in [2.75, 3.05) is 6.61 Å². The van der Waals surface area contributed by atoms with E-state index < -0.39 is 11.9 Å². The molecule has 0 heterocycles. The predicted molar refractivity (Wildman–Crippen MR) is 82.6 cm³/mol. The number of primary amides is 1. The van der Waals surface area contributed by atoms with Crippen LogP contribution in [0.5, 0.6) is 0 Å². The first-order chi connectivity index (χ1) is 10.7. The molecule has 2 aromatic carbocycles. The lowest BCUT2D eigenvalue weighted by Gasteiger charge is -2.15. The zero-order chi connectivity index (χ0) is 15.8. The summed E-state index contributed by atoms with van der Waals surface area (Å²) in [4.78, 5) is 23.4. The van der Waals surface area contributed by atoms with Crippen LogP contribution >= 0.6 is 0 Å². The Labute approximate surface area is 129 Å². The minimum Gasteiger partial charge on any atom is -0.368 e. The highest BCUT2D eigenvalue weighted by molar-refractivity contribution is 5.88. The Morgan fingerprint density at radius 1 is 1.00 bits per heavy atom. The van der Waals surface area contributed by atoms with E-state index in [9.17, 15) is 9.59 Å². The molecular weight excluding hydrogens is 280 g/mol. The number of ether oxygens (including phenoxy) is 1. The van der Waals surface area contributed by atoms with Crippen LogP contribution in [0.3, 0.4) is 0 Å². The molecule has 0 aliphatic carbocycles. The van der Waals surface area contributed by atoms with Crippen molar-refractivity contribution in [2.45, 2.75) is 12.6 Å². The fourth-order valence-electron chi connectivity index (χ4n) is 2.00. The van der Waals surface area contributed by atoms with Crippen molar-refractivity contribution in [1.82, 2.24) is 5.32 Å². The second-order valence-corrected chi connectivity index (χ2v) is 4.79. The minimum absolute atomic E-state index is 0.133. The van der Waals surface area contributed by atoms with E-state index in [1.807, 2.05) is 36.4 Å². The van der Waals surface area contributed by atoms with Gasteiger partial charge in [-0.3, -0.25) is 9.59 Å². The van der Waals surface area contributed by atoms with E-state index in [1.54, 1.807) is 24.3 Å². The monoisotopic (exact) mass is 298 g/mol. The standard InChI is InChI=1S/C17H18N2O3/c18-17(21)16(14-9-5-2-6-10-14)19-15(20)12-22-11-13-7-3-1-4-8-13/h1-10,16H,11-12H2,(H2,18,21)(H,19,20)/t16-/m1/s1. The number of benzene rings is 2. The number of nitrogens with one attached hydrogen (secondary N) is 1. The van der Waals surface area contributed by atoms with Crippen molar-refractivity contribution in [3.05, 3.63) is 71.8 Å². The number of carbonyl (C=O) groups is 2. The molecule has 2 rings (SSSR count). The van der Waals surface area contributed by atoms with Gasteiger partial charge in [0.1, 0.15) is 12.6 Å². The first kappa shape index (κ1) is 15.7. The number of nitrogens with two attached hydrogens (primary N) is 1. The van der Waals surface area contributed by atoms with Crippen LogP contribution in [0.15, 0.2) is 60.7 Å². The van der Waals surface area contributed by atoms with Crippen LogP contribution in [0.1, 0.15) is 17.2 Å². The Bertz CT molecular complexity index is 614. The molecule has 114 valence electrons. The van der Waals surface area contributed by atoms with E-state index in [2.05, 4.69) is 5.32 Å². The van der Waals surface area contributed by atoms with Gasteiger partial charge in [-0.2, -0.15) is 0 Å². The molecule has 0 saturated heterocycles. The van der Waals surface area contributed by atoms with Gasteiger partial charge in [-0.05, 0) is 11.1 Å². The zero-order valence-electron chi connectivity index (χ0n) is 12.1. The Morgan fingerprint density at radius 2 is 1.59 bits per heavy atom. The highest BCUT2D eigenvalue weighted by Gasteiger charge is 2.19. The molecule has 5 heteroatoms. The number of hydrogen-bond acceptors (Lipinski definition) is 3. The van der Waals surface area contributed by atoms with Crippen molar-refractivity contribution >= 4 is 11.8 Å². The summed E-state index contributed by atoms with van der Waals surface area (Å²) in [5.41, 5.74) is 6.96. The van der Waals surface area contributed by atoms with Crippen molar-refractivity contribution in [2.24, 2.45) is 5.73 Å². The van der Waals surface area contributed by atoms with Crippen molar-refractivity contribution in [3.63, 3.8) is 0 Å². The zero-order valence-corrected chi connectivity index (χ0v) is 12.1. The molecule has 0 bridgehead atoms. The normalized spacial score (nSPS) is 11.6. The van der Waals surface area contributed by atoms with Crippen LogP contribution in [-0.2, 0) is 20.9 Å². The van der Waals surface area contributed by atoms with E-state index in [0.29, 0.717) is 12.2 Å². The third kappa shape index (κ3) is 4.71. The van der Waals surface area contributed by atoms with Crippen molar-refractivity contribution in [3.8, 4) is 0 Å². The molecule has 2 amide bonds. The van der Waals surface area contributed by atoms with Gasteiger partial charge < -0.3 is 15.8 Å². The van der Waals surface area contributed by atoms with E-state index in [1.165, 1.54) is 0 Å². The van der Waals surface area contributed by atoms with Gasteiger partial charge >= 0.3 is 0 Å². The molecular formula is C17H18N2O3. The maximum atomic E-state index is 11.9. The third-order valence-corrected chi connectivity index (χ3v) is 3.07. The molecule has 5 nitrogen and oxygen atoms in total. The van der Waals surface area contributed by atoms with E-state index >= 15 is 0 Å². The van der Waals surface area contributed by atoms with Crippen LogP contribution in [0.4, 0.5) is 0 Å². The fourth-order valence-corrected chi connectivity index (χ4v) is 2.00. The van der Waals surface area contributed by atoms with Gasteiger partial charge in [0.2, 0.25) is 11.8 Å². The van der Waals surface area contributed by atoms with Gasteiger partial charge in [0, 0.05) is 0 Å². The summed E-state index contributed by atoms with van der Waals surface area (Å²) in [6.07, 6.45) is 0. The maximum absolute atomic E-state index is 11.9. The summed E-state index contributed by atoms with van der Waals surface area (Å²) in [6.45, 7) is 0.201. The van der Waals surface area contributed by atoms with E-state index in [-0.39, 0.29) is 12.5 Å². The average Bonchev–Trinajstić information content (AvgIpc) is 2.54. The number of rotatable bonds is 7. The lowest BCUT2D eigenvalue weighted by atomic mass is 10.1. The quantitative estimate of drug-likeness (QED) is 0.813. The average molecular weight is 298 g/mol. The molecule has 0 saturated carbocycles. The number of hydrogen-bond donors (Lipinski definition) is 2. The second-order valence-electron chi connectivity index (χ2n) is 4.79. The minimum atomic E-state index is -0.853. The summed E-state index contributed by atoms with van der Waals surface area (Å²) in [6, 6.07) is 17.5. The molecule has 0 aromatic heterocycles.